The number of nitrogens with zero attached hydrogens (tertiary/aromatic N) is 1. The summed E-state index contributed by atoms with van der Waals surface area (Å²) in [5, 5.41) is 0. The molecule has 0 saturated carbocycles. The van der Waals surface area contributed by atoms with Crippen molar-refractivity contribution in [1.29, 1.82) is 0 Å². The monoisotopic (exact) mass is 376 g/mol. The van der Waals surface area contributed by atoms with Crippen LogP contribution < -0.4 is 5.48 Å². The van der Waals surface area contributed by atoms with Crippen LogP contribution in [0.25, 0.3) is 0 Å². The van der Waals surface area contributed by atoms with Gasteiger partial charge in [0.2, 0.25) is 10.0 Å². The normalized spacial score (nSPS) is 11.5. The number of benzene rings is 2. The molecule has 0 aliphatic rings. The third kappa shape index (κ3) is 4.69. The van der Waals surface area contributed by atoms with E-state index in [4.69, 9.17) is 4.84 Å². The van der Waals surface area contributed by atoms with Crippen LogP contribution in [0.2, 0.25) is 0 Å². The molecular formula is C19H24N2O4S. The van der Waals surface area contributed by atoms with Gasteiger partial charge in [0.25, 0.3) is 5.91 Å². The van der Waals surface area contributed by atoms with E-state index in [9.17, 15) is 13.2 Å². The van der Waals surface area contributed by atoms with Crippen LogP contribution in [0, 0.1) is 6.92 Å². The van der Waals surface area contributed by atoms with Gasteiger partial charge in [-0.15, -0.1) is 0 Å². The Morgan fingerprint density at radius 1 is 1.08 bits per heavy atom. The Kier molecular flexibility index (Phi) is 6.90. The van der Waals surface area contributed by atoms with Gasteiger partial charge >= 0.3 is 0 Å². The van der Waals surface area contributed by atoms with Crippen LogP contribution in [-0.2, 0) is 21.5 Å². The van der Waals surface area contributed by atoms with E-state index in [2.05, 4.69) is 5.48 Å². The van der Waals surface area contributed by atoms with Gasteiger partial charge in [-0.25, -0.2) is 13.9 Å². The number of hydrogen-bond donors (Lipinski definition) is 1. The van der Waals surface area contributed by atoms with Crippen molar-refractivity contribution < 1.29 is 18.0 Å². The number of hydrogen-bond acceptors (Lipinski definition) is 4. The van der Waals surface area contributed by atoms with Crippen LogP contribution in [0.5, 0.6) is 0 Å². The molecule has 0 radical (unpaired) electrons. The number of amides is 1. The lowest BCUT2D eigenvalue weighted by molar-refractivity contribution is 0.0233. The van der Waals surface area contributed by atoms with Crippen molar-refractivity contribution in [1.82, 2.24) is 9.79 Å². The fraction of sp³-hybridized carbons (Fsp3) is 0.316. The summed E-state index contributed by atoms with van der Waals surface area (Å²) in [6, 6.07) is 14.0. The minimum absolute atomic E-state index is 0.136. The smallest absolute Gasteiger partial charge is 0.269 e. The molecule has 26 heavy (non-hydrogen) atoms. The van der Waals surface area contributed by atoms with E-state index in [-0.39, 0.29) is 17.1 Å². The molecule has 0 heterocycles. The Bertz CT molecular complexity index is 847. The number of aryl methyl sites for hydroxylation is 1. The van der Waals surface area contributed by atoms with Crippen LogP contribution >= 0.6 is 0 Å². The number of carbonyl (C=O) groups is 1. The molecular weight excluding hydrogens is 352 g/mol. The van der Waals surface area contributed by atoms with Gasteiger partial charge in [-0.3, -0.25) is 9.63 Å². The van der Waals surface area contributed by atoms with Crippen LogP contribution in [0.4, 0.5) is 0 Å². The van der Waals surface area contributed by atoms with E-state index in [0.717, 1.165) is 5.56 Å². The van der Waals surface area contributed by atoms with Gasteiger partial charge in [-0.05, 0) is 30.2 Å². The molecule has 0 unspecified atom stereocenters. The summed E-state index contributed by atoms with van der Waals surface area (Å²) in [5.41, 5.74) is 4.10. The molecule has 140 valence electrons. The van der Waals surface area contributed by atoms with E-state index < -0.39 is 15.9 Å². The highest BCUT2D eigenvalue weighted by molar-refractivity contribution is 7.89. The van der Waals surface area contributed by atoms with E-state index in [1.165, 1.54) is 10.4 Å². The maximum absolute atomic E-state index is 12.8. The second kappa shape index (κ2) is 8.93. The molecule has 0 saturated heterocycles. The topological polar surface area (TPSA) is 75.7 Å². The summed E-state index contributed by atoms with van der Waals surface area (Å²) in [6.45, 7) is 6.24. The molecule has 1 amide bonds. The van der Waals surface area contributed by atoms with Gasteiger partial charge < -0.3 is 0 Å². The van der Waals surface area contributed by atoms with Crippen LogP contribution in [0.1, 0.15) is 35.3 Å². The van der Waals surface area contributed by atoms with Crippen molar-refractivity contribution >= 4 is 15.9 Å². The summed E-state index contributed by atoms with van der Waals surface area (Å²) in [5.74, 6) is -0.489. The summed E-state index contributed by atoms with van der Waals surface area (Å²) in [6.07, 6.45) is 0. The highest BCUT2D eigenvalue weighted by Gasteiger charge is 2.24. The second-order valence-electron chi connectivity index (χ2n) is 5.78. The van der Waals surface area contributed by atoms with Crippen molar-refractivity contribution in [3.05, 3.63) is 65.2 Å². The first-order valence-electron chi connectivity index (χ1n) is 8.47. The maximum atomic E-state index is 12.8. The molecule has 2 aromatic rings. The average Bonchev–Trinajstić information content (AvgIpc) is 2.63. The zero-order chi connectivity index (χ0) is 19.2. The van der Waals surface area contributed by atoms with Crippen LogP contribution in [0.15, 0.2) is 53.4 Å². The molecule has 0 spiro atoms. The standard InChI is InChI=1S/C19H24N2O4S/c1-4-21(5-2)26(23,24)18-13-17(12-11-15(18)3)19(22)20-25-14-16-9-7-6-8-10-16/h6-13H,4-5,14H2,1-3H3,(H,20,22). The minimum Gasteiger partial charge on any atom is -0.269 e. The predicted octanol–water partition coefficient (Wildman–Crippen LogP) is 2.89. The van der Waals surface area contributed by atoms with Crippen molar-refractivity contribution in [2.75, 3.05) is 13.1 Å². The first-order chi connectivity index (χ1) is 12.4. The van der Waals surface area contributed by atoms with Gasteiger partial charge in [0.1, 0.15) is 0 Å². The minimum atomic E-state index is -3.64. The Balaban J connectivity index is 2.14. The fourth-order valence-corrected chi connectivity index (χ4v) is 4.25. The van der Waals surface area contributed by atoms with E-state index in [1.807, 2.05) is 30.3 Å². The van der Waals surface area contributed by atoms with E-state index >= 15 is 0 Å². The summed E-state index contributed by atoms with van der Waals surface area (Å²) >= 11 is 0. The quantitative estimate of drug-likeness (QED) is 0.719. The highest BCUT2D eigenvalue weighted by atomic mass is 32.2. The lowest BCUT2D eigenvalue weighted by Gasteiger charge is -2.20. The van der Waals surface area contributed by atoms with E-state index in [0.29, 0.717) is 18.7 Å². The SMILES string of the molecule is CCN(CC)S(=O)(=O)c1cc(C(=O)NOCc2ccccc2)ccc1C. The molecule has 6 nitrogen and oxygen atoms in total. The third-order valence-electron chi connectivity index (χ3n) is 4.02. The zero-order valence-corrected chi connectivity index (χ0v) is 16.0. The number of hydroxylamine groups is 1. The lowest BCUT2D eigenvalue weighted by Crippen LogP contribution is -2.31. The molecule has 1 N–H and O–H groups in total. The number of rotatable bonds is 8. The van der Waals surface area contributed by atoms with Crippen molar-refractivity contribution in [3.63, 3.8) is 0 Å². The highest BCUT2D eigenvalue weighted by Crippen LogP contribution is 2.21. The molecule has 0 aliphatic carbocycles. The molecule has 0 aromatic heterocycles. The lowest BCUT2D eigenvalue weighted by atomic mass is 10.1. The van der Waals surface area contributed by atoms with Crippen LogP contribution in [-0.4, -0.2) is 31.7 Å². The van der Waals surface area contributed by atoms with Gasteiger partial charge in [0, 0.05) is 18.7 Å². The molecule has 0 fully saturated rings. The Labute approximate surface area is 154 Å². The Hall–Kier alpha value is -2.22. The molecule has 0 atom stereocenters. The Morgan fingerprint density at radius 3 is 2.35 bits per heavy atom. The molecule has 0 aliphatic heterocycles. The summed E-state index contributed by atoms with van der Waals surface area (Å²) in [4.78, 5) is 17.6. The zero-order valence-electron chi connectivity index (χ0n) is 15.2. The van der Waals surface area contributed by atoms with Gasteiger partial charge in [0.15, 0.2) is 0 Å². The summed E-state index contributed by atoms with van der Waals surface area (Å²) in [7, 11) is -3.64. The molecule has 2 aromatic carbocycles. The number of carbonyl (C=O) groups excluding carboxylic acids is 1. The van der Waals surface area contributed by atoms with Crippen LogP contribution in [0.3, 0.4) is 0 Å². The first-order valence-corrected chi connectivity index (χ1v) is 9.91. The maximum Gasteiger partial charge on any atom is 0.274 e. The van der Waals surface area contributed by atoms with Gasteiger partial charge in [-0.1, -0.05) is 50.2 Å². The summed E-state index contributed by atoms with van der Waals surface area (Å²) < 4.78 is 26.9. The first kappa shape index (κ1) is 20.1. The Morgan fingerprint density at radius 2 is 1.73 bits per heavy atom. The van der Waals surface area contributed by atoms with Crippen molar-refractivity contribution in [2.45, 2.75) is 32.3 Å². The third-order valence-corrected chi connectivity index (χ3v) is 6.21. The van der Waals surface area contributed by atoms with Gasteiger partial charge in [0.05, 0.1) is 11.5 Å². The number of sulfonamides is 1. The second-order valence-corrected chi connectivity index (χ2v) is 7.68. The largest absolute Gasteiger partial charge is 0.274 e. The fourth-order valence-electron chi connectivity index (χ4n) is 2.54. The molecule has 7 heteroatoms. The van der Waals surface area contributed by atoms with E-state index in [1.54, 1.807) is 32.9 Å². The molecule has 2 rings (SSSR count). The number of nitrogens with one attached hydrogen (secondary N) is 1. The van der Waals surface area contributed by atoms with Crippen molar-refractivity contribution in [2.24, 2.45) is 0 Å². The average molecular weight is 376 g/mol. The van der Waals surface area contributed by atoms with Crippen molar-refractivity contribution in [3.8, 4) is 0 Å². The van der Waals surface area contributed by atoms with Gasteiger partial charge in [-0.2, -0.15) is 4.31 Å². The molecule has 0 bridgehead atoms. The predicted molar refractivity (Wildman–Crippen MR) is 100.0 cm³/mol.